The summed E-state index contributed by atoms with van der Waals surface area (Å²) in [5.41, 5.74) is 0. The zero-order valence-electron chi connectivity index (χ0n) is 8.72. The lowest BCUT2D eigenvalue weighted by Gasteiger charge is -2.16. The molecule has 2 nitrogen and oxygen atoms in total. The molecule has 0 aromatic rings. The van der Waals surface area contributed by atoms with Crippen LogP contribution in [0.2, 0.25) is 0 Å². The lowest BCUT2D eigenvalue weighted by atomic mass is 10.2. The molecule has 0 saturated carbocycles. The van der Waals surface area contributed by atoms with E-state index >= 15 is 0 Å². The minimum atomic E-state index is -0.386. The highest BCUT2D eigenvalue weighted by molar-refractivity contribution is 4.98. The third-order valence-electron chi connectivity index (χ3n) is 1.96. The number of ether oxygens (including phenoxy) is 2. The number of hydrogen-bond donors (Lipinski definition) is 0. The van der Waals surface area contributed by atoms with E-state index in [1.807, 2.05) is 13.8 Å². The Labute approximate surface area is 80.6 Å². The van der Waals surface area contributed by atoms with E-state index in [4.69, 9.17) is 9.47 Å². The van der Waals surface area contributed by atoms with Crippen LogP contribution in [0.5, 0.6) is 0 Å². The molecule has 1 aliphatic rings. The second kappa shape index (κ2) is 4.64. The van der Waals surface area contributed by atoms with Gasteiger partial charge in [0.2, 0.25) is 0 Å². The van der Waals surface area contributed by atoms with Gasteiger partial charge < -0.3 is 9.47 Å². The van der Waals surface area contributed by atoms with Gasteiger partial charge in [0.05, 0.1) is 12.7 Å². The predicted molar refractivity (Wildman–Crippen MR) is 52.2 cm³/mol. The Morgan fingerprint density at radius 2 is 2.15 bits per heavy atom. The fourth-order valence-electron chi connectivity index (χ4n) is 1.35. The van der Waals surface area contributed by atoms with E-state index in [0.29, 0.717) is 6.61 Å². The minimum absolute atomic E-state index is 0.237. The third kappa shape index (κ3) is 3.80. The fourth-order valence-corrected chi connectivity index (χ4v) is 1.35. The van der Waals surface area contributed by atoms with Crippen LogP contribution in [-0.2, 0) is 9.47 Å². The van der Waals surface area contributed by atoms with Crippen LogP contribution in [0, 0.1) is 11.8 Å². The molecule has 1 heterocycles. The molecule has 1 atom stereocenters. The Balaban J connectivity index is 2.18. The van der Waals surface area contributed by atoms with Gasteiger partial charge in [-0.2, -0.15) is 0 Å². The summed E-state index contributed by atoms with van der Waals surface area (Å²) in [6.07, 6.45) is 3.07. The van der Waals surface area contributed by atoms with Crippen LogP contribution in [0.15, 0.2) is 0 Å². The summed E-state index contributed by atoms with van der Waals surface area (Å²) in [7, 11) is 0. The predicted octanol–water partition coefficient (Wildman–Crippen LogP) is 2.33. The normalized spacial score (nSPS) is 25.3. The molecule has 1 saturated heterocycles. The summed E-state index contributed by atoms with van der Waals surface area (Å²) in [6, 6.07) is 0. The maximum atomic E-state index is 5.64. The van der Waals surface area contributed by atoms with E-state index in [2.05, 4.69) is 18.8 Å². The van der Waals surface area contributed by atoms with Crippen LogP contribution in [0.4, 0.5) is 0 Å². The van der Waals surface area contributed by atoms with Gasteiger partial charge in [-0.25, -0.2) is 0 Å². The molecule has 1 unspecified atom stereocenters. The van der Waals surface area contributed by atoms with Crippen LogP contribution in [0.1, 0.15) is 40.0 Å². The fraction of sp³-hybridized carbons (Fsp3) is 0.818. The first-order valence-electron chi connectivity index (χ1n) is 4.91. The summed E-state index contributed by atoms with van der Waals surface area (Å²) >= 11 is 0. The highest BCUT2D eigenvalue weighted by Gasteiger charge is 2.31. The molecule has 74 valence electrons. The van der Waals surface area contributed by atoms with Crippen LogP contribution < -0.4 is 0 Å². The molecule has 13 heavy (non-hydrogen) atoms. The average molecular weight is 182 g/mol. The first-order chi connectivity index (χ1) is 6.14. The molecular weight excluding hydrogens is 164 g/mol. The molecule has 0 N–H and O–H groups in total. The van der Waals surface area contributed by atoms with Crippen molar-refractivity contribution in [1.29, 1.82) is 0 Å². The molecule has 0 spiro atoms. The molecule has 0 amide bonds. The van der Waals surface area contributed by atoms with Gasteiger partial charge in [-0.15, -0.1) is 11.8 Å². The Bertz CT molecular complexity index is 210. The second-order valence-corrected chi connectivity index (χ2v) is 3.70. The van der Waals surface area contributed by atoms with E-state index in [1.165, 1.54) is 0 Å². The van der Waals surface area contributed by atoms with Gasteiger partial charge in [0, 0.05) is 12.8 Å². The topological polar surface area (TPSA) is 18.5 Å². The van der Waals surface area contributed by atoms with E-state index in [0.717, 1.165) is 19.3 Å². The first-order valence-corrected chi connectivity index (χ1v) is 4.91. The Morgan fingerprint density at radius 1 is 1.38 bits per heavy atom. The first kappa shape index (κ1) is 10.6. The summed E-state index contributed by atoms with van der Waals surface area (Å²) in [5, 5.41) is 0. The minimum Gasteiger partial charge on any atom is -0.348 e. The van der Waals surface area contributed by atoms with Crippen molar-refractivity contribution in [1.82, 2.24) is 0 Å². The summed E-state index contributed by atoms with van der Waals surface area (Å²) in [5.74, 6) is 5.76. The van der Waals surface area contributed by atoms with Gasteiger partial charge in [0.1, 0.15) is 0 Å². The van der Waals surface area contributed by atoms with Crippen LogP contribution in [0.3, 0.4) is 0 Å². The molecule has 0 radical (unpaired) electrons. The number of hydrogen-bond acceptors (Lipinski definition) is 2. The zero-order valence-corrected chi connectivity index (χ0v) is 8.72. The summed E-state index contributed by atoms with van der Waals surface area (Å²) in [6.45, 7) is 6.67. The largest absolute Gasteiger partial charge is 0.348 e. The maximum absolute atomic E-state index is 5.64. The van der Waals surface area contributed by atoms with Crippen molar-refractivity contribution < 1.29 is 9.47 Å². The molecule has 1 rings (SSSR count). The van der Waals surface area contributed by atoms with Crippen LogP contribution >= 0.6 is 0 Å². The Morgan fingerprint density at radius 3 is 2.69 bits per heavy atom. The average Bonchev–Trinajstić information content (AvgIpc) is 2.40. The quantitative estimate of drug-likeness (QED) is 0.610. The third-order valence-corrected chi connectivity index (χ3v) is 1.96. The van der Waals surface area contributed by atoms with Crippen molar-refractivity contribution in [3.05, 3.63) is 0 Å². The Hall–Kier alpha value is -0.520. The van der Waals surface area contributed by atoms with Gasteiger partial charge >= 0.3 is 0 Å². The molecule has 0 aliphatic carbocycles. The van der Waals surface area contributed by atoms with Gasteiger partial charge in [-0.05, 0) is 20.3 Å². The van der Waals surface area contributed by atoms with E-state index in [-0.39, 0.29) is 11.9 Å². The SMILES string of the molecule is CCC#CCCC1COC(C)(C)O1. The summed E-state index contributed by atoms with van der Waals surface area (Å²) < 4.78 is 11.1. The second-order valence-electron chi connectivity index (χ2n) is 3.70. The molecule has 0 aromatic heterocycles. The van der Waals surface area contributed by atoms with Crippen molar-refractivity contribution in [2.75, 3.05) is 6.61 Å². The van der Waals surface area contributed by atoms with E-state index < -0.39 is 0 Å². The lowest BCUT2D eigenvalue weighted by Crippen LogP contribution is -2.21. The van der Waals surface area contributed by atoms with Crippen LogP contribution in [-0.4, -0.2) is 18.5 Å². The van der Waals surface area contributed by atoms with Gasteiger partial charge in [-0.3, -0.25) is 0 Å². The van der Waals surface area contributed by atoms with E-state index in [1.54, 1.807) is 0 Å². The van der Waals surface area contributed by atoms with Crippen LogP contribution in [0.25, 0.3) is 0 Å². The molecule has 0 aromatic carbocycles. The molecule has 2 heteroatoms. The molecule has 1 aliphatic heterocycles. The smallest absolute Gasteiger partial charge is 0.163 e. The van der Waals surface area contributed by atoms with Gasteiger partial charge in [-0.1, -0.05) is 6.92 Å². The van der Waals surface area contributed by atoms with Crippen molar-refractivity contribution >= 4 is 0 Å². The van der Waals surface area contributed by atoms with Crippen molar-refractivity contribution in [2.24, 2.45) is 0 Å². The summed E-state index contributed by atoms with van der Waals surface area (Å²) in [4.78, 5) is 0. The Kier molecular flexibility index (Phi) is 3.77. The van der Waals surface area contributed by atoms with Gasteiger partial charge in [0.15, 0.2) is 5.79 Å². The molecule has 0 bridgehead atoms. The standard InChI is InChI=1S/C11H18O2/c1-4-5-6-7-8-10-9-12-11(2,3)13-10/h10H,4,7-9H2,1-3H3. The van der Waals surface area contributed by atoms with Crippen molar-refractivity contribution in [2.45, 2.75) is 51.9 Å². The molecule has 1 fully saturated rings. The zero-order chi connectivity index (χ0) is 9.73. The highest BCUT2D eigenvalue weighted by Crippen LogP contribution is 2.24. The van der Waals surface area contributed by atoms with Crippen molar-refractivity contribution in [3.63, 3.8) is 0 Å². The van der Waals surface area contributed by atoms with Gasteiger partial charge in [0.25, 0.3) is 0 Å². The van der Waals surface area contributed by atoms with E-state index in [9.17, 15) is 0 Å². The monoisotopic (exact) mass is 182 g/mol. The lowest BCUT2D eigenvalue weighted by molar-refractivity contribution is -0.138. The van der Waals surface area contributed by atoms with Crippen molar-refractivity contribution in [3.8, 4) is 11.8 Å². The maximum Gasteiger partial charge on any atom is 0.163 e. The highest BCUT2D eigenvalue weighted by atomic mass is 16.7. The number of rotatable bonds is 2. The molecular formula is C11H18O2.